The normalized spacial score (nSPS) is 19.3. The van der Waals surface area contributed by atoms with Crippen LogP contribution in [0.2, 0.25) is 0 Å². The summed E-state index contributed by atoms with van der Waals surface area (Å²) in [4.78, 5) is 26.0. The highest BCUT2D eigenvalue weighted by atomic mass is 16.2. The Hall–Kier alpha value is -3.29. The molecule has 0 bridgehead atoms. The van der Waals surface area contributed by atoms with Crippen molar-refractivity contribution >= 4 is 5.91 Å². The lowest BCUT2D eigenvalue weighted by atomic mass is 9.91. The number of para-hydroxylation sites is 1. The molecule has 8 heteroatoms. The summed E-state index contributed by atoms with van der Waals surface area (Å²) in [6.07, 6.45) is 4.68. The number of amides is 1. The molecular weight excluding hydrogens is 356 g/mol. The second-order valence-corrected chi connectivity index (χ2v) is 7.09. The second kappa shape index (κ2) is 7.75. The number of nitrogens with zero attached hydrogens (tertiary/aromatic N) is 5. The summed E-state index contributed by atoms with van der Waals surface area (Å²) in [6.45, 7) is 1.88. The van der Waals surface area contributed by atoms with Crippen LogP contribution in [0.3, 0.4) is 0 Å². The predicted molar refractivity (Wildman–Crippen MR) is 103 cm³/mol. The van der Waals surface area contributed by atoms with Crippen LogP contribution in [0.4, 0.5) is 0 Å². The molecule has 0 unspecified atom stereocenters. The van der Waals surface area contributed by atoms with E-state index >= 15 is 0 Å². The van der Waals surface area contributed by atoms with E-state index < -0.39 is 0 Å². The lowest BCUT2D eigenvalue weighted by Gasteiger charge is -2.29. The Bertz CT molecular complexity index is 1020. The summed E-state index contributed by atoms with van der Waals surface area (Å²) in [5.74, 6) is -0.225. The highest BCUT2D eigenvalue weighted by molar-refractivity contribution is 5.92. The molecule has 144 valence electrons. The Labute approximate surface area is 162 Å². The van der Waals surface area contributed by atoms with E-state index in [2.05, 4.69) is 20.6 Å². The molecular formula is C20H22N6O2. The quantitative estimate of drug-likeness (QED) is 0.750. The fraction of sp³-hybridized carbons (Fsp3) is 0.350. The molecule has 1 aliphatic rings. The van der Waals surface area contributed by atoms with Gasteiger partial charge in [0.05, 0.1) is 23.6 Å². The summed E-state index contributed by atoms with van der Waals surface area (Å²) in [5, 5.41) is 15.8. The van der Waals surface area contributed by atoms with Gasteiger partial charge in [-0.15, -0.1) is 5.10 Å². The van der Waals surface area contributed by atoms with Crippen LogP contribution in [-0.2, 0) is 0 Å². The number of carbonyl (C=O) groups excluding carboxylic acids is 1. The van der Waals surface area contributed by atoms with E-state index in [1.807, 2.05) is 37.3 Å². The van der Waals surface area contributed by atoms with Crippen LogP contribution in [0.15, 0.2) is 53.5 Å². The van der Waals surface area contributed by atoms with E-state index in [0.29, 0.717) is 5.69 Å². The van der Waals surface area contributed by atoms with Crippen molar-refractivity contribution in [2.45, 2.75) is 44.7 Å². The van der Waals surface area contributed by atoms with Crippen LogP contribution in [-0.4, -0.2) is 36.7 Å². The molecule has 1 fully saturated rings. The standard InChI is InChI=1S/C20H22N6O2/c1-14-7-12-19(27)25(23-14)16-10-8-15(9-11-16)22-20(28)18-13-21-26(24-18)17-5-3-2-4-6-17/h2-7,12-13,15-16H,8-11H2,1H3,(H,22,28). The number of benzene rings is 1. The third-order valence-corrected chi connectivity index (χ3v) is 5.05. The van der Waals surface area contributed by atoms with Crippen molar-refractivity contribution in [3.63, 3.8) is 0 Å². The molecule has 1 saturated carbocycles. The van der Waals surface area contributed by atoms with Gasteiger partial charge in [-0.2, -0.15) is 15.0 Å². The molecule has 0 saturated heterocycles. The Morgan fingerprint density at radius 3 is 2.54 bits per heavy atom. The average Bonchev–Trinajstić information content (AvgIpc) is 3.22. The van der Waals surface area contributed by atoms with Crippen molar-refractivity contribution in [3.05, 3.63) is 70.4 Å². The third-order valence-electron chi connectivity index (χ3n) is 5.05. The van der Waals surface area contributed by atoms with Gasteiger partial charge < -0.3 is 5.32 Å². The Morgan fingerprint density at radius 1 is 1.04 bits per heavy atom. The van der Waals surface area contributed by atoms with Crippen LogP contribution in [0.25, 0.3) is 5.69 Å². The van der Waals surface area contributed by atoms with Gasteiger partial charge in [-0.05, 0) is 50.8 Å². The SMILES string of the molecule is Cc1ccc(=O)n(C2CCC(NC(=O)c3cnn(-c4ccccc4)n3)CC2)n1. The van der Waals surface area contributed by atoms with Crippen molar-refractivity contribution in [1.29, 1.82) is 0 Å². The Morgan fingerprint density at radius 2 is 1.79 bits per heavy atom. The zero-order valence-corrected chi connectivity index (χ0v) is 15.7. The third kappa shape index (κ3) is 3.85. The molecule has 2 aromatic heterocycles. The Kier molecular flexibility index (Phi) is 5.01. The largest absolute Gasteiger partial charge is 0.348 e. The van der Waals surface area contributed by atoms with E-state index in [1.54, 1.807) is 16.8 Å². The number of carbonyl (C=O) groups is 1. The summed E-state index contributed by atoms with van der Waals surface area (Å²) >= 11 is 0. The van der Waals surface area contributed by atoms with Crippen LogP contribution < -0.4 is 10.9 Å². The maximum atomic E-state index is 12.5. The molecule has 0 radical (unpaired) electrons. The molecule has 0 aliphatic heterocycles. The van der Waals surface area contributed by atoms with Gasteiger partial charge in [-0.1, -0.05) is 18.2 Å². The molecule has 28 heavy (non-hydrogen) atoms. The smallest absolute Gasteiger partial charge is 0.273 e. The van der Waals surface area contributed by atoms with E-state index in [9.17, 15) is 9.59 Å². The van der Waals surface area contributed by atoms with E-state index in [0.717, 1.165) is 37.1 Å². The van der Waals surface area contributed by atoms with Gasteiger partial charge in [-0.25, -0.2) is 4.68 Å². The molecule has 1 aromatic carbocycles. The minimum atomic E-state index is -0.225. The molecule has 0 atom stereocenters. The van der Waals surface area contributed by atoms with Crippen molar-refractivity contribution in [1.82, 2.24) is 30.1 Å². The van der Waals surface area contributed by atoms with Gasteiger partial charge in [0.25, 0.3) is 11.5 Å². The summed E-state index contributed by atoms with van der Waals surface area (Å²) in [6, 6.07) is 12.9. The van der Waals surface area contributed by atoms with Crippen LogP contribution in [0.1, 0.15) is 47.9 Å². The fourth-order valence-electron chi connectivity index (χ4n) is 3.56. The second-order valence-electron chi connectivity index (χ2n) is 7.09. The fourth-order valence-corrected chi connectivity index (χ4v) is 3.56. The van der Waals surface area contributed by atoms with Gasteiger partial charge in [0, 0.05) is 12.1 Å². The van der Waals surface area contributed by atoms with E-state index in [1.165, 1.54) is 11.0 Å². The highest BCUT2D eigenvalue weighted by Crippen LogP contribution is 2.27. The van der Waals surface area contributed by atoms with Crippen LogP contribution in [0.5, 0.6) is 0 Å². The number of hydrogen-bond acceptors (Lipinski definition) is 5. The molecule has 2 heterocycles. The van der Waals surface area contributed by atoms with Gasteiger partial charge in [0.2, 0.25) is 0 Å². The summed E-state index contributed by atoms with van der Waals surface area (Å²) in [5.41, 5.74) is 1.85. The lowest BCUT2D eigenvalue weighted by Crippen LogP contribution is -2.39. The molecule has 1 aliphatic carbocycles. The first-order chi connectivity index (χ1) is 13.6. The number of aromatic nitrogens is 5. The molecule has 4 rings (SSSR count). The van der Waals surface area contributed by atoms with Crippen molar-refractivity contribution in [3.8, 4) is 5.69 Å². The van der Waals surface area contributed by atoms with E-state index in [-0.39, 0.29) is 23.6 Å². The average molecular weight is 378 g/mol. The zero-order chi connectivity index (χ0) is 19.5. The predicted octanol–water partition coefficient (Wildman–Crippen LogP) is 2.05. The first-order valence-electron chi connectivity index (χ1n) is 9.45. The summed E-state index contributed by atoms with van der Waals surface area (Å²) < 4.78 is 1.58. The number of hydrogen-bond donors (Lipinski definition) is 1. The number of aryl methyl sites for hydroxylation is 1. The first kappa shape index (κ1) is 18.1. The Balaban J connectivity index is 1.36. The number of nitrogens with one attached hydrogen (secondary N) is 1. The highest BCUT2D eigenvalue weighted by Gasteiger charge is 2.25. The molecule has 1 amide bonds. The maximum absolute atomic E-state index is 12.5. The molecule has 0 spiro atoms. The van der Waals surface area contributed by atoms with Gasteiger partial charge in [0.1, 0.15) is 0 Å². The van der Waals surface area contributed by atoms with Gasteiger partial charge in [-0.3, -0.25) is 9.59 Å². The van der Waals surface area contributed by atoms with E-state index in [4.69, 9.17) is 0 Å². The van der Waals surface area contributed by atoms with Crippen molar-refractivity contribution < 1.29 is 4.79 Å². The topological polar surface area (TPSA) is 94.7 Å². The minimum absolute atomic E-state index is 0.0612. The lowest BCUT2D eigenvalue weighted by molar-refractivity contribution is 0.0916. The molecule has 3 aromatic rings. The van der Waals surface area contributed by atoms with Gasteiger partial charge in [0.15, 0.2) is 5.69 Å². The van der Waals surface area contributed by atoms with Crippen molar-refractivity contribution in [2.24, 2.45) is 0 Å². The molecule has 1 N–H and O–H groups in total. The molecule has 8 nitrogen and oxygen atoms in total. The number of rotatable bonds is 4. The summed E-state index contributed by atoms with van der Waals surface area (Å²) in [7, 11) is 0. The zero-order valence-electron chi connectivity index (χ0n) is 15.7. The monoisotopic (exact) mass is 378 g/mol. The van der Waals surface area contributed by atoms with Crippen LogP contribution >= 0.6 is 0 Å². The van der Waals surface area contributed by atoms with Crippen LogP contribution in [0, 0.1) is 6.92 Å². The van der Waals surface area contributed by atoms with Crippen molar-refractivity contribution in [2.75, 3.05) is 0 Å². The maximum Gasteiger partial charge on any atom is 0.273 e. The minimum Gasteiger partial charge on any atom is -0.348 e. The van der Waals surface area contributed by atoms with Gasteiger partial charge >= 0.3 is 0 Å². The first-order valence-corrected chi connectivity index (χ1v) is 9.45.